The molecule has 0 saturated heterocycles. The predicted molar refractivity (Wildman–Crippen MR) is 225 cm³/mol. The maximum Gasteiger partial charge on any atom is 0.316 e. The van der Waals surface area contributed by atoms with Crippen molar-refractivity contribution in [3.8, 4) is 0 Å². The van der Waals surface area contributed by atoms with Gasteiger partial charge in [0.1, 0.15) is 0 Å². The Morgan fingerprint density at radius 3 is 0.745 bits per heavy atom. The van der Waals surface area contributed by atoms with Gasteiger partial charge < -0.3 is 4.18 Å². The molecular formula is C48H74O2S. The van der Waals surface area contributed by atoms with Crippen LogP contribution in [0.2, 0.25) is 0 Å². The van der Waals surface area contributed by atoms with Crippen molar-refractivity contribution in [2.75, 3.05) is 0 Å². The first-order valence-electron chi connectivity index (χ1n) is 20.2. The minimum absolute atomic E-state index is 0.128. The summed E-state index contributed by atoms with van der Waals surface area (Å²) in [7, 11) is -2.67. The van der Waals surface area contributed by atoms with Gasteiger partial charge in [0.05, 0.1) is 0 Å². The molecule has 0 aromatic heterocycles. The first-order valence-corrected chi connectivity index (χ1v) is 21.8. The predicted octanol–water partition coefficient (Wildman–Crippen LogP) is 15.9. The summed E-state index contributed by atoms with van der Waals surface area (Å²) < 4.78 is 7.64. The van der Waals surface area contributed by atoms with Crippen LogP contribution >= 0.6 is 10.3 Å². The Hall–Kier alpha value is -2.52. The quantitative estimate of drug-likeness (QED) is 0.166. The molecule has 0 atom stereocenters. The lowest BCUT2D eigenvalue weighted by molar-refractivity contribution is -0.133. The molecule has 0 spiro atoms. The van der Waals surface area contributed by atoms with E-state index in [2.05, 4.69) is 161 Å². The van der Waals surface area contributed by atoms with Gasteiger partial charge in [-0.05, 0) is 114 Å². The smallest absolute Gasteiger partial charge is 0.316 e. The summed E-state index contributed by atoms with van der Waals surface area (Å²) in [5.74, 6) is 2.35. The van der Waals surface area contributed by atoms with E-state index in [9.17, 15) is 4.79 Å². The Bertz CT molecular complexity index is 1400. The highest BCUT2D eigenvalue weighted by Gasteiger charge is 2.47. The fraction of sp³-hybridized carbons (Fsp3) is 0.604. The largest absolute Gasteiger partial charge is 0.402 e. The van der Waals surface area contributed by atoms with Crippen LogP contribution in [-0.4, -0.2) is 5.97 Å². The number of carbonyl (C=O) groups is 1. The molecule has 0 saturated carbocycles. The van der Waals surface area contributed by atoms with Crippen molar-refractivity contribution >= 4 is 16.3 Å². The Labute approximate surface area is 316 Å². The maximum atomic E-state index is 14.6. The SMILES string of the molecule is CCC(=O)OS(c1c(C(C)C)cc(C(C)C)cc1C(C)C)(c1c(C(C)C)cc(C(C)C)cc1C(C)C)c1c(C(C)C)cc(C(C)C)cc1C(C)C. The second kappa shape index (κ2) is 17.1. The summed E-state index contributed by atoms with van der Waals surface area (Å²) in [6.07, 6.45) is 0.322. The van der Waals surface area contributed by atoms with Crippen LogP contribution in [0.1, 0.15) is 241 Å². The molecule has 0 aliphatic heterocycles. The number of carbonyl (C=O) groups excluding carboxylic acids is 1. The topological polar surface area (TPSA) is 26.3 Å². The molecule has 3 aromatic rings. The van der Waals surface area contributed by atoms with Crippen LogP contribution in [0.3, 0.4) is 0 Å². The standard InChI is InChI=1S/C48H74O2S/c1-20-45(49)50-51(46-39(30(8)9)21-36(27(2)3)22-40(46)31(10)11,47-41(32(12)13)23-37(28(4)5)24-42(47)33(14)15)48-43(34(16)17)25-38(29(6)7)26-44(48)35(18)19/h21-35H,20H2,1-19H3. The van der Waals surface area contributed by atoms with E-state index in [4.69, 9.17) is 4.18 Å². The van der Waals surface area contributed by atoms with E-state index in [1.807, 2.05) is 6.92 Å². The minimum atomic E-state index is -2.67. The first kappa shape index (κ1) is 42.9. The molecule has 0 bridgehead atoms. The van der Waals surface area contributed by atoms with Crippen molar-refractivity contribution in [2.45, 2.75) is 206 Å². The highest BCUT2D eigenvalue weighted by molar-refractivity contribution is 8.30. The number of rotatable bonds is 14. The fourth-order valence-electron chi connectivity index (χ4n) is 7.29. The van der Waals surface area contributed by atoms with E-state index in [0.717, 1.165) is 0 Å². The second-order valence-electron chi connectivity index (χ2n) is 17.8. The lowest BCUT2D eigenvalue weighted by Gasteiger charge is -2.49. The highest BCUT2D eigenvalue weighted by atomic mass is 32.3. The maximum absolute atomic E-state index is 14.6. The second-order valence-corrected chi connectivity index (χ2v) is 20.3. The third kappa shape index (κ3) is 8.66. The Morgan fingerprint density at radius 2 is 0.608 bits per heavy atom. The van der Waals surface area contributed by atoms with Gasteiger partial charge in [0.25, 0.3) is 0 Å². The molecule has 0 N–H and O–H groups in total. The molecular weight excluding hydrogens is 641 g/mol. The summed E-state index contributed by atoms with van der Waals surface area (Å²) in [5, 5.41) is 0. The molecule has 0 radical (unpaired) electrons. The zero-order chi connectivity index (χ0) is 38.9. The van der Waals surface area contributed by atoms with Crippen molar-refractivity contribution in [3.05, 3.63) is 86.5 Å². The molecule has 0 fully saturated rings. The number of hydrogen-bond donors (Lipinski definition) is 0. The molecule has 0 aliphatic rings. The zero-order valence-corrected chi connectivity index (χ0v) is 36.9. The summed E-state index contributed by atoms with van der Waals surface area (Å²) in [4.78, 5) is 18.4. The number of hydrogen-bond acceptors (Lipinski definition) is 2. The molecule has 3 aromatic carbocycles. The van der Waals surface area contributed by atoms with E-state index < -0.39 is 10.3 Å². The van der Waals surface area contributed by atoms with Gasteiger partial charge in [-0.15, -0.1) is 0 Å². The highest BCUT2D eigenvalue weighted by Crippen LogP contribution is 2.76. The van der Waals surface area contributed by atoms with Gasteiger partial charge in [-0.1, -0.05) is 168 Å². The molecule has 0 unspecified atom stereocenters. The number of benzene rings is 3. The van der Waals surface area contributed by atoms with Gasteiger partial charge in [-0.25, -0.2) is 0 Å². The van der Waals surface area contributed by atoms with E-state index in [-0.39, 0.29) is 41.5 Å². The van der Waals surface area contributed by atoms with Crippen molar-refractivity contribution < 1.29 is 8.98 Å². The molecule has 2 nitrogen and oxygen atoms in total. The summed E-state index contributed by atoms with van der Waals surface area (Å²) in [6, 6.07) is 14.8. The Kier molecular flexibility index (Phi) is 14.4. The van der Waals surface area contributed by atoms with E-state index in [1.54, 1.807) is 0 Å². The van der Waals surface area contributed by atoms with Gasteiger partial charge >= 0.3 is 5.97 Å². The summed E-state index contributed by atoms with van der Waals surface area (Å²) in [5.41, 5.74) is 12.0. The molecule has 0 aliphatic carbocycles. The first-order chi connectivity index (χ1) is 23.6. The van der Waals surface area contributed by atoms with Gasteiger partial charge in [0, 0.05) is 21.1 Å². The average molecular weight is 715 g/mol. The van der Waals surface area contributed by atoms with Gasteiger partial charge in [-0.2, -0.15) is 0 Å². The van der Waals surface area contributed by atoms with Crippen LogP contribution < -0.4 is 0 Å². The van der Waals surface area contributed by atoms with Crippen LogP contribution in [0.5, 0.6) is 0 Å². The lowest BCUT2D eigenvalue weighted by Crippen LogP contribution is -2.24. The van der Waals surface area contributed by atoms with Gasteiger partial charge in [0.2, 0.25) is 0 Å². The monoisotopic (exact) mass is 715 g/mol. The van der Waals surface area contributed by atoms with Crippen molar-refractivity contribution in [2.24, 2.45) is 0 Å². The third-order valence-electron chi connectivity index (χ3n) is 10.6. The molecule has 284 valence electrons. The zero-order valence-electron chi connectivity index (χ0n) is 36.1. The average Bonchev–Trinajstić information content (AvgIpc) is 3.04. The Morgan fingerprint density at radius 1 is 0.412 bits per heavy atom. The van der Waals surface area contributed by atoms with Crippen LogP contribution in [0.15, 0.2) is 51.1 Å². The van der Waals surface area contributed by atoms with E-state index >= 15 is 0 Å². The van der Waals surface area contributed by atoms with Gasteiger partial charge in [0.15, 0.2) is 0 Å². The van der Waals surface area contributed by atoms with Crippen LogP contribution in [0.25, 0.3) is 0 Å². The normalized spacial score (nSPS) is 13.1. The van der Waals surface area contributed by atoms with Crippen LogP contribution in [-0.2, 0) is 8.98 Å². The summed E-state index contributed by atoms with van der Waals surface area (Å²) >= 11 is 0. The summed E-state index contributed by atoms with van der Waals surface area (Å²) in [6.45, 7) is 43.8. The van der Waals surface area contributed by atoms with Crippen molar-refractivity contribution in [3.63, 3.8) is 0 Å². The Balaban J connectivity index is 3.09. The molecule has 3 heteroatoms. The van der Waals surface area contributed by atoms with E-state index in [0.29, 0.717) is 24.2 Å². The minimum Gasteiger partial charge on any atom is -0.402 e. The fourth-order valence-corrected chi connectivity index (χ4v) is 12.3. The van der Waals surface area contributed by atoms with Crippen LogP contribution in [0, 0.1) is 0 Å². The molecule has 0 amide bonds. The molecule has 3 rings (SSSR count). The third-order valence-corrected chi connectivity index (χ3v) is 14.2. The molecule has 51 heavy (non-hydrogen) atoms. The van der Waals surface area contributed by atoms with Crippen molar-refractivity contribution in [1.82, 2.24) is 0 Å². The van der Waals surface area contributed by atoms with E-state index in [1.165, 1.54) is 64.8 Å². The van der Waals surface area contributed by atoms with Crippen LogP contribution in [0.4, 0.5) is 0 Å². The lowest BCUT2D eigenvalue weighted by atomic mass is 9.89. The van der Waals surface area contributed by atoms with Crippen molar-refractivity contribution in [1.29, 1.82) is 0 Å². The molecule has 0 heterocycles. The van der Waals surface area contributed by atoms with Gasteiger partial charge in [-0.3, -0.25) is 4.79 Å².